The van der Waals surface area contributed by atoms with E-state index in [1.165, 1.54) is 0 Å². The van der Waals surface area contributed by atoms with Crippen molar-refractivity contribution in [2.75, 3.05) is 0 Å². The van der Waals surface area contributed by atoms with E-state index in [0.29, 0.717) is 0 Å². The summed E-state index contributed by atoms with van der Waals surface area (Å²) in [7, 11) is 0. The maximum Gasteiger partial charge on any atom is 2.00 e. The zero-order chi connectivity index (χ0) is 4.99. The molecule has 20 nitrogen and oxygen atoms in total. The standard InChI is InChI=1S/CH2O3.2Al.6Mg.17H2O/c2-1(3)4;;;;;;;;;;;;;;;;;;;;;;;;;/h(H2,2,3,4);;;;;;;;;17*1H2/q;2*+1;6*+2;;;;;;;;;;;;;;;;;/p-14. The monoisotopic (exact) mass is 552 g/mol. The smallest absolute Gasteiger partial charge is 0.870 e. The normalized spacial score (nSPS) is 1.38. The van der Waals surface area contributed by atoms with Gasteiger partial charge in [0.1, 0.15) is 0 Å². The summed E-state index contributed by atoms with van der Waals surface area (Å²) in [6, 6.07) is 0. The van der Waals surface area contributed by atoms with Crippen molar-refractivity contribution in [2.45, 2.75) is 0 Å². The Morgan fingerprint density at radius 2 is 0.448 bits per heavy atom. The number of rotatable bonds is 0. The van der Waals surface area contributed by atoms with Crippen molar-refractivity contribution < 1.29 is 105 Å². The molecule has 0 saturated heterocycles. The molecule has 0 aromatic rings. The Bertz CT molecular complexity index is 74.9. The molecule has 0 spiro atoms. The van der Waals surface area contributed by atoms with E-state index >= 15 is 0 Å². The van der Waals surface area contributed by atoms with Gasteiger partial charge in [0.15, 0.2) is 0 Å². The van der Waals surface area contributed by atoms with Crippen LogP contribution in [0, 0.1) is 0 Å². The Morgan fingerprint density at radius 3 is 0.448 bits per heavy atom. The Hall–Kier alpha value is 4.25. The molecule has 0 aromatic heterocycles. The largest absolute Gasteiger partial charge is 2.00 e. The zero-order valence-electron chi connectivity index (χ0n) is 15.0. The topological polar surface area (TPSA) is 553 Å². The quantitative estimate of drug-likeness (QED) is 0.251. The van der Waals surface area contributed by atoms with Crippen LogP contribution in [0.25, 0.3) is 0 Å². The summed E-state index contributed by atoms with van der Waals surface area (Å²) in [5.41, 5.74) is 0. The van der Waals surface area contributed by atoms with Crippen LogP contribution in [0.2, 0.25) is 0 Å². The molecule has 0 bridgehead atoms. The molecule has 29 heavy (non-hydrogen) atoms. The summed E-state index contributed by atoms with van der Waals surface area (Å²) in [5, 5.41) is 0. The van der Waals surface area contributed by atoms with Crippen molar-refractivity contribution >= 4 is 178 Å². The second kappa shape index (κ2) is 368. The van der Waals surface area contributed by atoms with Gasteiger partial charge < -0.3 is 101 Å². The number of hydrogen-bond acceptors (Lipinski definition) is 15. The average molecular weight is 554 g/mol. The van der Waals surface area contributed by atoms with Gasteiger partial charge >= 0.3 is 178 Å². The summed E-state index contributed by atoms with van der Waals surface area (Å²) in [5.74, 6) is 0. The van der Waals surface area contributed by atoms with E-state index in [2.05, 4.69) is 7.58 Å². The van der Waals surface area contributed by atoms with Gasteiger partial charge in [-0.15, -0.1) is 0 Å². The van der Waals surface area contributed by atoms with E-state index < -0.39 is 6.16 Å². The molecule has 0 aliphatic heterocycles. The summed E-state index contributed by atoms with van der Waals surface area (Å²) in [4.78, 5) is 9.69. The maximum absolute atomic E-state index is 9.69. The van der Waals surface area contributed by atoms with Gasteiger partial charge in [0.05, 0.1) is 0 Å². The van der Waals surface area contributed by atoms with Crippen LogP contribution >= 0.6 is 0 Å². The second-order valence-corrected chi connectivity index (χ2v) is 0.957. The minimum Gasteiger partial charge on any atom is -0.870 e. The SMILES string of the molecule is O.O.O.O.O.O=C([O][Al])[O][Al].[Mg+2].[Mg+2].[Mg+2].[Mg+2].[Mg+2].[Mg+2].[OH-].[OH-].[OH-].[OH-].[OH-].[OH-].[OH-].[OH-].[OH-].[OH-].[OH-].[OH-]. The summed E-state index contributed by atoms with van der Waals surface area (Å²) in [6.45, 7) is 0. The Morgan fingerprint density at radius 1 is 0.379 bits per heavy atom. The van der Waals surface area contributed by atoms with Crippen LogP contribution in [0.15, 0.2) is 0 Å². The molecule has 0 amide bonds. The molecule has 0 aromatic carbocycles. The van der Waals surface area contributed by atoms with Gasteiger partial charge in [0.2, 0.25) is 0 Å². The van der Waals surface area contributed by atoms with Crippen molar-refractivity contribution in [1.82, 2.24) is 0 Å². The van der Waals surface area contributed by atoms with Gasteiger partial charge in [-0.05, 0) is 0 Å². The molecular weight excluding hydrogens is 532 g/mol. The molecule has 22 N–H and O–H groups in total. The number of carbonyl (C=O) groups excluding carboxylic acids is 1. The molecule has 0 rings (SSSR count). The Labute approximate surface area is 279 Å². The van der Waals surface area contributed by atoms with Crippen molar-refractivity contribution in [1.29, 1.82) is 0 Å². The zero-order valence-corrected chi connectivity index (χ0v) is 25.8. The first-order valence-electron chi connectivity index (χ1n) is 1.08. The molecule has 28 heteroatoms. The molecular formula is CH22Al2Mg6O20. The molecule has 0 fully saturated rings. The fraction of sp³-hybridized carbons (Fsp3) is 0. The van der Waals surface area contributed by atoms with Gasteiger partial charge in [-0.2, -0.15) is 0 Å². The van der Waals surface area contributed by atoms with E-state index in [4.69, 9.17) is 0 Å². The van der Waals surface area contributed by atoms with Crippen LogP contribution in [0.5, 0.6) is 0 Å². The first kappa shape index (κ1) is 404. The molecule has 0 aliphatic carbocycles. The van der Waals surface area contributed by atoms with Gasteiger partial charge in [0.25, 0.3) is 0 Å². The van der Waals surface area contributed by atoms with Crippen LogP contribution in [0.4, 0.5) is 4.79 Å². The molecule has 0 saturated carbocycles. The van der Waals surface area contributed by atoms with Crippen LogP contribution in [-0.4, -0.2) is 271 Å². The summed E-state index contributed by atoms with van der Waals surface area (Å²) in [6.07, 6.45) is -0.731. The van der Waals surface area contributed by atoms with Gasteiger partial charge in [0, 0.05) is 0 Å². The third-order valence-corrected chi connectivity index (χ3v) is 0.577. The molecule has 0 unspecified atom stereocenters. The maximum atomic E-state index is 9.69. The molecule has 4 radical (unpaired) electrons. The first-order valence-corrected chi connectivity index (χ1v) is 2.03. The fourth-order valence-corrected chi connectivity index (χ4v) is 0.250. The third-order valence-electron chi connectivity index (χ3n) is 0.192. The Kier molecular flexibility index (Phi) is 5130. The fourth-order valence-electron chi connectivity index (χ4n) is 0.0278. The van der Waals surface area contributed by atoms with Crippen LogP contribution in [0.1, 0.15) is 0 Å². The van der Waals surface area contributed by atoms with E-state index in [9.17, 15) is 4.79 Å². The van der Waals surface area contributed by atoms with Crippen molar-refractivity contribution in [2.24, 2.45) is 0 Å². The van der Waals surface area contributed by atoms with E-state index in [-0.39, 0.29) is 231 Å². The first-order chi connectivity index (χ1) is 2.81. The minimum absolute atomic E-state index is 0. The van der Waals surface area contributed by atoms with E-state index in [1.807, 2.05) is 0 Å². The second-order valence-electron chi connectivity index (χ2n) is 0.486. The van der Waals surface area contributed by atoms with Gasteiger partial charge in [-0.1, -0.05) is 0 Å². The van der Waals surface area contributed by atoms with E-state index in [0.717, 1.165) is 0 Å². The van der Waals surface area contributed by atoms with Crippen molar-refractivity contribution in [3.8, 4) is 0 Å². The predicted octanol–water partition coefficient (Wildman–Crippen LogP) is -9.22. The van der Waals surface area contributed by atoms with Crippen LogP contribution in [-0.2, 0) is 7.58 Å². The van der Waals surface area contributed by atoms with Gasteiger partial charge in [-0.3, -0.25) is 0 Å². The van der Waals surface area contributed by atoms with Gasteiger partial charge in [-0.25, -0.2) is 4.79 Å². The molecule has 0 heterocycles. The summed E-state index contributed by atoms with van der Waals surface area (Å²) >= 11 is 3.50. The summed E-state index contributed by atoms with van der Waals surface area (Å²) < 4.78 is 7.87. The Balaban J connectivity index is -0.000000000494. The van der Waals surface area contributed by atoms with Crippen molar-refractivity contribution in [3.63, 3.8) is 0 Å². The van der Waals surface area contributed by atoms with E-state index in [1.54, 1.807) is 33.2 Å². The third kappa shape index (κ3) is 433. The molecule has 164 valence electrons. The number of carbonyl (C=O) groups is 1. The minimum atomic E-state index is -0.731. The predicted molar refractivity (Wildman–Crippen MR) is 94.9 cm³/mol. The molecule has 0 atom stereocenters. The van der Waals surface area contributed by atoms with Crippen LogP contribution < -0.4 is 0 Å². The average Bonchev–Trinajstić information content (AvgIpc) is 1.65. The number of hydrogen-bond donors (Lipinski definition) is 0. The van der Waals surface area contributed by atoms with Crippen LogP contribution in [0.3, 0.4) is 0 Å². The van der Waals surface area contributed by atoms with Crippen molar-refractivity contribution in [3.05, 3.63) is 0 Å². The molecule has 0 aliphatic rings.